The van der Waals surface area contributed by atoms with Crippen LogP contribution in [-0.2, 0) is 6.42 Å². The summed E-state index contributed by atoms with van der Waals surface area (Å²) in [7, 11) is 0. The predicted molar refractivity (Wildman–Crippen MR) is 124 cm³/mol. The Morgan fingerprint density at radius 1 is 1.06 bits per heavy atom. The van der Waals surface area contributed by atoms with Crippen molar-refractivity contribution in [1.82, 2.24) is 9.55 Å². The van der Waals surface area contributed by atoms with Crippen molar-refractivity contribution in [1.29, 1.82) is 0 Å². The normalized spacial score (nSPS) is 17.2. The van der Waals surface area contributed by atoms with Crippen LogP contribution in [0.25, 0.3) is 11.0 Å². The topological polar surface area (TPSA) is 58.4 Å². The lowest BCUT2D eigenvalue weighted by molar-refractivity contribution is 0.0697. The Labute approximate surface area is 182 Å². The summed E-state index contributed by atoms with van der Waals surface area (Å²) in [5.41, 5.74) is 4.68. The molecule has 1 aliphatic carbocycles. The van der Waals surface area contributed by atoms with Gasteiger partial charge in [-0.1, -0.05) is 55.7 Å². The molecule has 0 atom stereocenters. The van der Waals surface area contributed by atoms with Crippen LogP contribution >= 0.6 is 0 Å². The summed E-state index contributed by atoms with van der Waals surface area (Å²) in [5, 5.41) is 9.40. The minimum absolute atomic E-state index is 0.284. The van der Waals surface area contributed by atoms with Crippen LogP contribution in [0.15, 0.2) is 72.5 Å². The van der Waals surface area contributed by atoms with Crippen molar-refractivity contribution >= 4 is 23.0 Å². The van der Waals surface area contributed by atoms with Crippen molar-refractivity contribution in [2.75, 3.05) is 11.4 Å². The molecule has 0 unspecified atom stereocenters. The number of anilines is 1. The molecule has 0 radical (unpaired) electrons. The van der Waals surface area contributed by atoms with Crippen LogP contribution in [0.5, 0.6) is 0 Å². The molecule has 158 valence electrons. The van der Waals surface area contributed by atoms with Crippen molar-refractivity contribution in [3.05, 3.63) is 83.6 Å². The third-order valence-corrected chi connectivity index (χ3v) is 6.38. The van der Waals surface area contributed by atoms with E-state index in [0.29, 0.717) is 6.04 Å². The third-order valence-electron chi connectivity index (χ3n) is 6.38. The van der Waals surface area contributed by atoms with Gasteiger partial charge in [0.25, 0.3) is 0 Å². The monoisotopic (exact) mass is 413 g/mol. The molecule has 2 aliphatic rings. The van der Waals surface area contributed by atoms with Gasteiger partial charge in [-0.3, -0.25) is 0 Å². The van der Waals surface area contributed by atoms with Crippen molar-refractivity contribution in [3.8, 4) is 0 Å². The molecule has 0 amide bonds. The number of aromatic carboxylic acids is 1. The maximum Gasteiger partial charge on any atom is 0.335 e. The smallest absolute Gasteiger partial charge is 0.335 e. The number of imidazole rings is 1. The van der Waals surface area contributed by atoms with Gasteiger partial charge in [-0.2, -0.15) is 0 Å². The number of allylic oxidation sites excluding steroid dienone is 2. The first-order chi connectivity index (χ1) is 15.2. The molecule has 3 aromatic rings. The number of hydrogen-bond acceptors (Lipinski definition) is 3. The van der Waals surface area contributed by atoms with Crippen LogP contribution in [0, 0.1) is 0 Å². The second-order valence-electron chi connectivity index (χ2n) is 8.49. The number of hydrogen-bond donors (Lipinski definition) is 1. The lowest BCUT2D eigenvalue weighted by Crippen LogP contribution is -2.25. The van der Waals surface area contributed by atoms with E-state index in [1.165, 1.54) is 30.4 Å². The maximum atomic E-state index is 11.5. The average Bonchev–Trinajstić information content (AvgIpc) is 3.19. The number of aromatic nitrogens is 2. The number of fused-ring (bicyclic) bond motifs is 1. The van der Waals surface area contributed by atoms with Gasteiger partial charge in [-0.15, -0.1) is 0 Å². The van der Waals surface area contributed by atoms with Gasteiger partial charge >= 0.3 is 5.97 Å². The van der Waals surface area contributed by atoms with E-state index in [2.05, 4.69) is 52.1 Å². The van der Waals surface area contributed by atoms with Crippen molar-refractivity contribution in [3.63, 3.8) is 0 Å². The predicted octanol–water partition coefficient (Wildman–Crippen LogP) is 5.74. The molecule has 5 rings (SSSR count). The van der Waals surface area contributed by atoms with Gasteiger partial charge in [0.2, 0.25) is 5.95 Å². The Morgan fingerprint density at radius 2 is 1.87 bits per heavy atom. The second-order valence-corrected chi connectivity index (χ2v) is 8.49. The molecule has 1 N–H and O–H groups in total. The fraction of sp³-hybridized carbons (Fsp3) is 0.308. The molecule has 0 spiro atoms. The average molecular weight is 414 g/mol. The molecule has 0 bridgehead atoms. The summed E-state index contributed by atoms with van der Waals surface area (Å²) >= 11 is 0. The van der Waals surface area contributed by atoms with Crippen molar-refractivity contribution in [2.24, 2.45) is 0 Å². The van der Waals surface area contributed by atoms with E-state index in [0.717, 1.165) is 42.8 Å². The molecular weight excluding hydrogens is 386 g/mol. The van der Waals surface area contributed by atoms with Gasteiger partial charge in [-0.25, -0.2) is 9.78 Å². The summed E-state index contributed by atoms with van der Waals surface area (Å²) < 4.78 is 2.35. The number of carbonyl (C=O) groups is 1. The van der Waals surface area contributed by atoms with Gasteiger partial charge < -0.3 is 14.6 Å². The zero-order chi connectivity index (χ0) is 21.2. The zero-order valence-corrected chi connectivity index (χ0v) is 17.6. The molecule has 2 aromatic carbocycles. The molecule has 1 aliphatic heterocycles. The Kier molecular flexibility index (Phi) is 5.33. The molecule has 31 heavy (non-hydrogen) atoms. The van der Waals surface area contributed by atoms with E-state index in [9.17, 15) is 9.90 Å². The molecule has 5 nitrogen and oxygen atoms in total. The molecule has 1 aromatic heterocycles. The molecule has 1 fully saturated rings. The van der Waals surface area contributed by atoms with E-state index in [4.69, 9.17) is 4.98 Å². The van der Waals surface area contributed by atoms with Gasteiger partial charge in [0, 0.05) is 18.8 Å². The standard InChI is InChI=1S/C26H27N3O2/c30-25(31)21-11-12-24-23(18-21)27-26(29(24)22-9-5-2-6-10-22)28-15-13-20(14-16-28)17-19-7-3-1-4-8-19/h1,3-4,7-8,11-15,18,22H,2,5-6,9-10,16-17H2,(H,30,31). The van der Waals surface area contributed by atoms with E-state index in [1.807, 2.05) is 12.1 Å². The lowest BCUT2D eigenvalue weighted by atomic mass is 9.95. The fourth-order valence-electron chi connectivity index (χ4n) is 4.76. The van der Waals surface area contributed by atoms with Crippen LogP contribution in [0.3, 0.4) is 0 Å². The number of benzene rings is 2. The van der Waals surface area contributed by atoms with Gasteiger partial charge in [0.15, 0.2) is 0 Å². The Balaban J connectivity index is 1.47. The van der Waals surface area contributed by atoms with Crippen molar-refractivity contribution in [2.45, 2.75) is 44.6 Å². The number of carboxylic acid groups (broad SMARTS) is 1. The summed E-state index contributed by atoms with van der Waals surface area (Å²) in [4.78, 5) is 18.6. The largest absolute Gasteiger partial charge is 0.478 e. The quantitative estimate of drug-likeness (QED) is 0.579. The number of carboxylic acids is 1. The first kappa shape index (κ1) is 19.6. The Hall–Kier alpha value is -3.34. The van der Waals surface area contributed by atoms with Crippen LogP contribution in [0.2, 0.25) is 0 Å². The summed E-state index contributed by atoms with van der Waals surface area (Å²) in [6.07, 6.45) is 13.5. The first-order valence-electron chi connectivity index (χ1n) is 11.1. The van der Waals surface area contributed by atoms with Crippen LogP contribution in [0.4, 0.5) is 5.95 Å². The highest BCUT2D eigenvalue weighted by Gasteiger charge is 2.25. The summed E-state index contributed by atoms with van der Waals surface area (Å²) in [6.45, 7) is 0.764. The highest BCUT2D eigenvalue weighted by Crippen LogP contribution is 2.36. The van der Waals surface area contributed by atoms with Crippen molar-refractivity contribution < 1.29 is 9.90 Å². The van der Waals surface area contributed by atoms with Crippen LogP contribution in [-0.4, -0.2) is 27.2 Å². The number of nitrogens with zero attached hydrogens (tertiary/aromatic N) is 3. The van der Waals surface area contributed by atoms with E-state index < -0.39 is 5.97 Å². The maximum absolute atomic E-state index is 11.5. The molecular formula is C26H27N3O2. The highest BCUT2D eigenvalue weighted by atomic mass is 16.4. The molecule has 0 saturated heterocycles. The Bertz CT molecular complexity index is 1150. The SMILES string of the molecule is O=C(O)c1ccc2c(c1)nc(N1C=CC(Cc3ccccc3)=CC1)n2C1CCCCC1. The van der Waals surface area contributed by atoms with Crippen LogP contribution < -0.4 is 4.90 Å². The van der Waals surface area contributed by atoms with Gasteiger partial charge in [-0.05, 0) is 54.7 Å². The molecule has 2 heterocycles. The summed E-state index contributed by atoms with van der Waals surface area (Å²) in [6, 6.07) is 16.2. The van der Waals surface area contributed by atoms with E-state index in [1.54, 1.807) is 12.1 Å². The summed E-state index contributed by atoms with van der Waals surface area (Å²) in [5.74, 6) is -0.00211. The molecule has 1 saturated carbocycles. The molecule has 5 heteroatoms. The Morgan fingerprint density at radius 3 is 2.58 bits per heavy atom. The lowest BCUT2D eigenvalue weighted by Gasteiger charge is -2.29. The second kappa shape index (κ2) is 8.42. The fourth-order valence-corrected chi connectivity index (χ4v) is 4.76. The van der Waals surface area contributed by atoms with Gasteiger partial charge in [0.05, 0.1) is 16.6 Å². The minimum atomic E-state index is -0.915. The zero-order valence-electron chi connectivity index (χ0n) is 17.6. The van der Waals surface area contributed by atoms with E-state index in [-0.39, 0.29) is 5.56 Å². The van der Waals surface area contributed by atoms with Crippen LogP contribution in [0.1, 0.15) is 54.1 Å². The highest BCUT2D eigenvalue weighted by molar-refractivity contribution is 5.93. The first-order valence-corrected chi connectivity index (χ1v) is 11.1. The number of rotatable bonds is 5. The third kappa shape index (κ3) is 4.00. The minimum Gasteiger partial charge on any atom is -0.478 e. The van der Waals surface area contributed by atoms with Gasteiger partial charge in [0.1, 0.15) is 0 Å². The van der Waals surface area contributed by atoms with E-state index >= 15 is 0 Å².